The number of hydrogen-bond donors (Lipinski definition) is 3. The van der Waals surface area contributed by atoms with Crippen LogP contribution >= 0.6 is 11.8 Å². The molecule has 1 saturated heterocycles. The Morgan fingerprint density at radius 2 is 2.12 bits per heavy atom. The first-order valence-corrected chi connectivity index (χ1v) is 9.11. The van der Waals surface area contributed by atoms with Gasteiger partial charge in [-0.25, -0.2) is 0 Å². The van der Waals surface area contributed by atoms with Crippen LogP contribution in [0.1, 0.15) is 26.7 Å². The van der Waals surface area contributed by atoms with Gasteiger partial charge < -0.3 is 15.2 Å². The molecular weight excluding hydrogens is 350 g/mol. The van der Waals surface area contributed by atoms with E-state index in [4.69, 9.17) is 4.74 Å². The maximum absolute atomic E-state index is 12.3. The Hall–Kier alpha value is -1.65. The minimum absolute atomic E-state index is 0.0184. The number of ether oxygens (including phenoxy) is 1. The summed E-state index contributed by atoms with van der Waals surface area (Å²) in [6, 6.07) is -0.894. The number of hydrogen-bond acceptors (Lipinski definition) is 7. The van der Waals surface area contributed by atoms with E-state index in [9.17, 15) is 24.3 Å². The van der Waals surface area contributed by atoms with Crippen LogP contribution < -0.4 is 10.6 Å². The van der Waals surface area contributed by atoms with Gasteiger partial charge in [-0.1, -0.05) is 0 Å². The fourth-order valence-corrected chi connectivity index (χ4v) is 3.53. The number of imide groups is 1. The van der Waals surface area contributed by atoms with Crippen molar-refractivity contribution in [1.29, 1.82) is 0 Å². The van der Waals surface area contributed by atoms with Crippen molar-refractivity contribution < 1.29 is 29.0 Å². The minimum atomic E-state index is -1.05. The zero-order valence-electron chi connectivity index (χ0n) is 14.6. The molecule has 0 aromatic rings. The second kappa shape index (κ2) is 10.4. The molecule has 9 nitrogen and oxygen atoms in total. The second-order valence-electron chi connectivity index (χ2n) is 5.49. The Labute approximate surface area is 150 Å². The van der Waals surface area contributed by atoms with Gasteiger partial charge >= 0.3 is 5.97 Å². The third-order valence-corrected chi connectivity index (χ3v) is 4.96. The third-order valence-electron chi connectivity index (χ3n) is 3.66. The summed E-state index contributed by atoms with van der Waals surface area (Å²) in [7, 11) is 1.48. The first-order chi connectivity index (χ1) is 11.8. The van der Waals surface area contributed by atoms with Crippen molar-refractivity contribution in [1.82, 2.24) is 15.5 Å². The summed E-state index contributed by atoms with van der Waals surface area (Å²) in [5.41, 5.74) is 0. The summed E-state index contributed by atoms with van der Waals surface area (Å²) in [5.74, 6) is -1.89. The molecule has 1 aliphatic rings. The fourth-order valence-electron chi connectivity index (χ4n) is 2.34. The highest BCUT2D eigenvalue weighted by Gasteiger charge is 2.39. The minimum Gasteiger partial charge on any atom is -0.480 e. The van der Waals surface area contributed by atoms with Gasteiger partial charge in [-0.3, -0.25) is 29.4 Å². The largest absolute Gasteiger partial charge is 0.480 e. The van der Waals surface area contributed by atoms with Crippen molar-refractivity contribution in [2.24, 2.45) is 0 Å². The lowest BCUT2D eigenvalue weighted by atomic mass is 10.3. The molecular formula is C15H25N3O6S. The van der Waals surface area contributed by atoms with Crippen LogP contribution in [0.25, 0.3) is 0 Å². The van der Waals surface area contributed by atoms with Crippen LogP contribution in [0.15, 0.2) is 0 Å². The Morgan fingerprint density at radius 3 is 2.68 bits per heavy atom. The number of rotatable bonds is 11. The number of carboxylic acids is 1. The Morgan fingerprint density at radius 1 is 1.44 bits per heavy atom. The predicted molar refractivity (Wildman–Crippen MR) is 91.9 cm³/mol. The van der Waals surface area contributed by atoms with E-state index >= 15 is 0 Å². The standard InChI is InChI=1S/C15H25N3O6S/c1-4-24-9(2)17-10(15(22)23)8-25-11-7-13(20)18(14(11)21)6-5-12(19)16-3/h9-11,17H,4-8H2,1-3H3,(H,16,19)(H,22,23). The molecule has 1 rings (SSSR count). The van der Waals surface area contributed by atoms with Gasteiger partial charge in [0, 0.05) is 38.8 Å². The third kappa shape index (κ3) is 6.63. The highest BCUT2D eigenvalue weighted by molar-refractivity contribution is 8.00. The number of thioether (sulfide) groups is 1. The van der Waals surface area contributed by atoms with Gasteiger partial charge in [-0.15, -0.1) is 11.8 Å². The highest BCUT2D eigenvalue weighted by atomic mass is 32.2. The van der Waals surface area contributed by atoms with E-state index in [2.05, 4.69) is 10.6 Å². The molecule has 0 aromatic carbocycles. The van der Waals surface area contributed by atoms with Gasteiger partial charge in [0.15, 0.2) is 0 Å². The number of nitrogens with zero attached hydrogens (tertiary/aromatic N) is 1. The number of likely N-dealkylation sites (tertiary alicyclic amines) is 1. The Kier molecular flexibility index (Phi) is 8.87. The highest BCUT2D eigenvalue weighted by Crippen LogP contribution is 2.26. The summed E-state index contributed by atoms with van der Waals surface area (Å²) >= 11 is 1.12. The molecule has 0 spiro atoms. The van der Waals surface area contributed by atoms with Crippen LogP contribution in [0.2, 0.25) is 0 Å². The maximum atomic E-state index is 12.3. The molecule has 0 radical (unpaired) electrons. The van der Waals surface area contributed by atoms with Crippen molar-refractivity contribution >= 4 is 35.5 Å². The van der Waals surface area contributed by atoms with E-state index in [1.165, 1.54) is 7.05 Å². The van der Waals surface area contributed by atoms with Gasteiger partial charge in [0.25, 0.3) is 0 Å². The van der Waals surface area contributed by atoms with E-state index < -0.39 is 23.5 Å². The van der Waals surface area contributed by atoms with Gasteiger partial charge in [-0.2, -0.15) is 0 Å². The van der Waals surface area contributed by atoms with Crippen LogP contribution in [0.5, 0.6) is 0 Å². The molecule has 0 saturated carbocycles. The number of carbonyl (C=O) groups is 4. The van der Waals surface area contributed by atoms with Crippen LogP contribution in [0, 0.1) is 0 Å². The summed E-state index contributed by atoms with van der Waals surface area (Å²) in [5, 5.41) is 13.9. The predicted octanol–water partition coefficient (Wildman–Crippen LogP) is -0.591. The first-order valence-electron chi connectivity index (χ1n) is 8.07. The Bertz CT molecular complexity index is 515. The van der Waals surface area contributed by atoms with Crippen molar-refractivity contribution in [2.45, 2.75) is 44.2 Å². The lowest BCUT2D eigenvalue weighted by molar-refractivity contribution is -0.141. The molecule has 3 atom stereocenters. The quantitative estimate of drug-likeness (QED) is 0.323. The van der Waals surface area contributed by atoms with Gasteiger partial charge in [0.2, 0.25) is 17.7 Å². The number of aliphatic carboxylic acids is 1. The van der Waals surface area contributed by atoms with Crippen molar-refractivity contribution in [3.8, 4) is 0 Å². The molecule has 1 aliphatic heterocycles. The SMILES string of the molecule is CCOC(C)NC(CSC1CC(=O)N(CCC(=O)NC)C1=O)C(=O)O. The topological polar surface area (TPSA) is 125 Å². The zero-order valence-corrected chi connectivity index (χ0v) is 15.4. The molecule has 1 fully saturated rings. The van der Waals surface area contributed by atoms with E-state index in [0.29, 0.717) is 6.61 Å². The molecule has 3 amide bonds. The number of amides is 3. The average Bonchev–Trinajstić information content (AvgIpc) is 2.83. The molecule has 1 heterocycles. The number of carbonyl (C=O) groups excluding carboxylic acids is 3. The van der Waals surface area contributed by atoms with Crippen molar-refractivity contribution in [3.05, 3.63) is 0 Å². The molecule has 3 unspecified atom stereocenters. The average molecular weight is 375 g/mol. The summed E-state index contributed by atoms with van der Waals surface area (Å²) in [4.78, 5) is 47.9. The normalized spacial score (nSPS) is 19.8. The molecule has 25 heavy (non-hydrogen) atoms. The molecule has 0 aliphatic carbocycles. The lowest BCUT2D eigenvalue weighted by Gasteiger charge is -2.20. The molecule has 0 bridgehead atoms. The first kappa shape index (κ1) is 21.4. The van der Waals surface area contributed by atoms with E-state index in [0.717, 1.165) is 16.7 Å². The van der Waals surface area contributed by atoms with Gasteiger partial charge in [0.1, 0.15) is 12.3 Å². The van der Waals surface area contributed by atoms with Crippen molar-refractivity contribution in [3.63, 3.8) is 0 Å². The van der Waals surface area contributed by atoms with E-state index in [1.54, 1.807) is 13.8 Å². The molecule has 3 N–H and O–H groups in total. The van der Waals surface area contributed by atoms with E-state index in [-0.39, 0.29) is 42.9 Å². The monoisotopic (exact) mass is 375 g/mol. The number of carboxylic acid groups (broad SMARTS) is 1. The fraction of sp³-hybridized carbons (Fsp3) is 0.733. The van der Waals surface area contributed by atoms with E-state index in [1.807, 2.05) is 0 Å². The van der Waals surface area contributed by atoms with Crippen LogP contribution in [-0.2, 0) is 23.9 Å². The lowest BCUT2D eigenvalue weighted by Crippen LogP contribution is -2.45. The summed E-state index contributed by atoms with van der Waals surface area (Å²) in [6.45, 7) is 3.99. The Balaban J connectivity index is 2.55. The van der Waals surface area contributed by atoms with Crippen molar-refractivity contribution in [2.75, 3.05) is 26.0 Å². The van der Waals surface area contributed by atoms with Crippen LogP contribution in [0.4, 0.5) is 0 Å². The second-order valence-corrected chi connectivity index (χ2v) is 6.72. The zero-order chi connectivity index (χ0) is 19.0. The van der Waals surface area contributed by atoms with Crippen LogP contribution in [0.3, 0.4) is 0 Å². The summed E-state index contributed by atoms with van der Waals surface area (Å²) in [6.07, 6.45) is -0.363. The maximum Gasteiger partial charge on any atom is 0.321 e. The molecule has 10 heteroatoms. The van der Waals surface area contributed by atoms with Gasteiger partial charge in [-0.05, 0) is 13.8 Å². The summed E-state index contributed by atoms with van der Waals surface area (Å²) < 4.78 is 5.26. The van der Waals surface area contributed by atoms with Gasteiger partial charge in [0.05, 0.1) is 5.25 Å². The smallest absolute Gasteiger partial charge is 0.321 e. The molecule has 142 valence electrons. The number of nitrogens with one attached hydrogen (secondary N) is 2. The van der Waals surface area contributed by atoms with Crippen LogP contribution in [-0.4, -0.2) is 77.2 Å². The molecule has 0 aromatic heterocycles.